The normalized spacial score (nSPS) is 19.7. The summed E-state index contributed by atoms with van der Waals surface area (Å²) in [5.41, 5.74) is 1.28. The van der Waals surface area contributed by atoms with Crippen molar-refractivity contribution in [2.45, 2.75) is 19.2 Å². The monoisotopic (exact) mass is 314 g/mol. The van der Waals surface area contributed by atoms with Gasteiger partial charge in [-0.25, -0.2) is 9.37 Å². The fraction of sp³-hybridized carbons (Fsp3) is 0.400. The van der Waals surface area contributed by atoms with Gasteiger partial charge < -0.3 is 9.64 Å². The highest BCUT2D eigenvalue weighted by molar-refractivity contribution is 5.84. The quantitative estimate of drug-likeness (QED) is 0.754. The summed E-state index contributed by atoms with van der Waals surface area (Å²) in [5, 5.41) is 0.783. The Morgan fingerprint density at radius 3 is 2.77 bits per heavy atom. The number of nitrogens with zero attached hydrogens (tertiary/aromatic N) is 2. The van der Waals surface area contributed by atoms with Crippen LogP contribution in [0.1, 0.15) is 5.56 Å². The van der Waals surface area contributed by atoms with Crippen molar-refractivity contribution in [3.63, 3.8) is 0 Å². The van der Waals surface area contributed by atoms with Gasteiger partial charge in [0.2, 0.25) is 0 Å². The highest BCUT2D eigenvalue weighted by Gasteiger charge is 2.43. The molecule has 7 heteroatoms. The second kappa shape index (κ2) is 5.39. The maximum absolute atomic E-state index is 13.3. The summed E-state index contributed by atoms with van der Waals surface area (Å²) < 4.78 is 56.5. The number of hydrogen-bond donors (Lipinski definition) is 0. The summed E-state index contributed by atoms with van der Waals surface area (Å²) in [6.45, 7) is 1.82. The lowest BCUT2D eigenvalue weighted by molar-refractivity contribution is -0.221. The van der Waals surface area contributed by atoms with Crippen molar-refractivity contribution in [1.82, 2.24) is 4.98 Å². The van der Waals surface area contributed by atoms with Gasteiger partial charge in [0.25, 0.3) is 0 Å². The number of halogens is 4. The molecule has 1 atom stereocenters. The Hall–Kier alpha value is -1.89. The first-order valence-corrected chi connectivity index (χ1v) is 6.85. The maximum Gasteiger partial charge on any atom is 0.416 e. The van der Waals surface area contributed by atoms with Gasteiger partial charge in [0, 0.05) is 18.0 Å². The molecule has 0 aliphatic carbocycles. The zero-order valence-electron chi connectivity index (χ0n) is 11.8. The van der Waals surface area contributed by atoms with E-state index in [1.54, 1.807) is 12.1 Å². The van der Waals surface area contributed by atoms with E-state index in [1.165, 1.54) is 17.0 Å². The van der Waals surface area contributed by atoms with E-state index in [2.05, 4.69) is 4.98 Å². The Kier molecular flexibility index (Phi) is 3.68. The largest absolute Gasteiger partial charge is 0.416 e. The van der Waals surface area contributed by atoms with Crippen LogP contribution in [-0.4, -0.2) is 37.0 Å². The van der Waals surface area contributed by atoms with E-state index in [-0.39, 0.29) is 13.2 Å². The van der Waals surface area contributed by atoms with Crippen molar-refractivity contribution >= 4 is 16.7 Å². The molecule has 1 aromatic heterocycles. The summed E-state index contributed by atoms with van der Waals surface area (Å²) in [4.78, 5) is 5.83. The molecule has 0 unspecified atom stereocenters. The van der Waals surface area contributed by atoms with E-state index in [0.717, 1.165) is 10.9 Å². The average molecular weight is 314 g/mol. The summed E-state index contributed by atoms with van der Waals surface area (Å²) in [7, 11) is 0. The Labute approximate surface area is 124 Å². The van der Waals surface area contributed by atoms with Crippen molar-refractivity contribution < 1.29 is 22.3 Å². The Morgan fingerprint density at radius 2 is 2.05 bits per heavy atom. The molecule has 1 aliphatic heterocycles. The predicted molar refractivity (Wildman–Crippen MR) is 74.4 cm³/mol. The topological polar surface area (TPSA) is 25.4 Å². The number of benzene rings is 1. The first-order valence-electron chi connectivity index (χ1n) is 6.85. The standard InChI is InChI=1S/C15H14F4N2O/c1-9-6-14(20-12-7-10(16)2-3-11(9)12)21-4-5-22-13(8-21)15(17,18)19/h2-3,6-7,13H,4-5,8H2,1H3/t13-/m0/s1. The van der Waals surface area contributed by atoms with E-state index in [4.69, 9.17) is 4.74 Å². The molecule has 0 bridgehead atoms. The molecule has 22 heavy (non-hydrogen) atoms. The van der Waals surface area contributed by atoms with Crippen LogP contribution in [0.15, 0.2) is 24.3 Å². The Balaban J connectivity index is 1.96. The van der Waals surface area contributed by atoms with Crippen LogP contribution in [0.3, 0.4) is 0 Å². The number of rotatable bonds is 1. The molecule has 1 aromatic carbocycles. The van der Waals surface area contributed by atoms with Crippen LogP contribution >= 0.6 is 0 Å². The van der Waals surface area contributed by atoms with E-state index in [0.29, 0.717) is 17.9 Å². The molecule has 2 heterocycles. The van der Waals surface area contributed by atoms with Gasteiger partial charge >= 0.3 is 6.18 Å². The van der Waals surface area contributed by atoms with Crippen LogP contribution in [0.4, 0.5) is 23.4 Å². The second-order valence-corrected chi connectivity index (χ2v) is 5.31. The molecule has 0 N–H and O–H groups in total. The number of aryl methyl sites for hydroxylation is 1. The summed E-state index contributed by atoms with van der Waals surface area (Å²) in [6.07, 6.45) is -6.23. The lowest BCUT2D eigenvalue weighted by atomic mass is 10.1. The second-order valence-electron chi connectivity index (χ2n) is 5.31. The highest BCUT2D eigenvalue weighted by atomic mass is 19.4. The number of fused-ring (bicyclic) bond motifs is 1. The molecule has 1 saturated heterocycles. The van der Waals surface area contributed by atoms with Gasteiger partial charge in [-0.15, -0.1) is 0 Å². The number of pyridine rings is 1. The van der Waals surface area contributed by atoms with E-state index < -0.39 is 18.1 Å². The molecular weight excluding hydrogens is 300 g/mol. The Bertz CT molecular complexity index is 702. The van der Waals surface area contributed by atoms with Crippen molar-refractivity contribution in [3.05, 3.63) is 35.6 Å². The third-order valence-electron chi connectivity index (χ3n) is 3.72. The number of morpholine rings is 1. The number of alkyl halides is 3. The van der Waals surface area contributed by atoms with Gasteiger partial charge in [-0.2, -0.15) is 13.2 Å². The van der Waals surface area contributed by atoms with E-state index in [9.17, 15) is 17.6 Å². The third kappa shape index (κ3) is 2.85. The minimum atomic E-state index is -4.41. The maximum atomic E-state index is 13.3. The zero-order chi connectivity index (χ0) is 15.9. The third-order valence-corrected chi connectivity index (χ3v) is 3.72. The summed E-state index contributed by atoms with van der Waals surface area (Å²) in [6, 6.07) is 5.96. The van der Waals surface area contributed by atoms with Crippen LogP contribution in [0.5, 0.6) is 0 Å². The highest BCUT2D eigenvalue weighted by Crippen LogP contribution is 2.29. The van der Waals surface area contributed by atoms with Gasteiger partial charge in [0.1, 0.15) is 11.6 Å². The molecule has 3 rings (SSSR count). The zero-order valence-corrected chi connectivity index (χ0v) is 11.8. The molecule has 0 amide bonds. The minimum absolute atomic E-state index is 0.0217. The van der Waals surface area contributed by atoms with Crippen LogP contribution in [0.2, 0.25) is 0 Å². The number of aromatic nitrogens is 1. The summed E-state index contributed by atoms with van der Waals surface area (Å²) >= 11 is 0. The van der Waals surface area contributed by atoms with Crippen LogP contribution in [-0.2, 0) is 4.74 Å². The minimum Gasteiger partial charge on any atom is -0.365 e. The van der Waals surface area contributed by atoms with Gasteiger partial charge in [0.15, 0.2) is 6.10 Å². The first kappa shape index (κ1) is 15.0. The van der Waals surface area contributed by atoms with Gasteiger partial charge in [-0.3, -0.25) is 0 Å². The van der Waals surface area contributed by atoms with Crippen molar-refractivity contribution in [2.24, 2.45) is 0 Å². The van der Waals surface area contributed by atoms with Gasteiger partial charge in [0.05, 0.1) is 18.7 Å². The van der Waals surface area contributed by atoms with Crippen LogP contribution in [0.25, 0.3) is 10.9 Å². The summed E-state index contributed by atoms with van der Waals surface area (Å²) in [5.74, 6) is -0.0140. The SMILES string of the molecule is Cc1cc(N2CCO[C@H](C(F)(F)F)C2)nc2cc(F)ccc12. The van der Waals surface area contributed by atoms with Crippen LogP contribution in [0, 0.1) is 12.7 Å². The Morgan fingerprint density at radius 1 is 1.27 bits per heavy atom. The molecule has 0 spiro atoms. The lowest BCUT2D eigenvalue weighted by Crippen LogP contribution is -2.49. The van der Waals surface area contributed by atoms with Crippen molar-refractivity contribution in [1.29, 1.82) is 0 Å². The van der Waals surface area contributed by atoms with Crippen molar-refractivity contribution in [2.75, 3.05) is 24.6 Å². The number of anilines is 1. The van der Waals surface area contributed by atoms with Gasteiger partial charge in [-0.05, 0) is 30.7 Å². The van der Waals surface area contributed by atoms with Crippen molar-refractivity contribution in [3.8, 4) is 0 Å². The number of hydrogen-bond acceptors (Lipinski definition) is 3. The average Bonchev–Trinajstić information content (AvgIpc) is 2.46. The fourth-order valence-electron chi connectivity index (χ4n) is 2.58. The molecule has 118 valence electrons. The molecule has 0 saturated carbocycles. The lowest BCUT2D eigenvalue weighted by Gasteiger charge is -2.34. The predicted octanol–water partition coefficient (Wildman–Crippen LogP) is 3.45. The smallest absolute Gasteiger partial charge is 0.365 e. The first-order chi connectivity index (χ1) is 10.3. The molecule has 2 aromatic rings. The molecule has 0 radical (unpaired) electrons. The molecule has 1 fully saturated rings. The number of ether oxygens (including phenoxy) is 1. The molecule has 3 nitrogen and oxygen atoms in total. The molecular formula is C15H14F4N2O. The van der Waals surface area contributed by atoms with E-state index in [1.807, 2.05) is 6.92 Å². The van der Waals surface area contributed by atoms with E-state index >= 15 is 0 Å². The van der Waals surface area contributed by atoms with Gasteiger partial charge in [-0.1, -0.05) is 0 Å². The fourth-order valence-corrected chi connectivity index (χ4v) is 2.58. The van der Waals surface area contributed by atoms with Crippen LogP contribution < -0.4 is 4.90 Å². The molecule has 1 aliphatic rings.